The van der Waals surface area contributed by atoms with Gasteiger partial charge < -0.3 is 5.11 Å². The third-order valence-electron chi connectivity index (χ3n) is 12.9. The van der Waals surface area contributed by atoms with Gasteiger partial charge in [0.15, 0.2) is 0 Å². The molecule has 0 amide bonds. The van der Waals surface area contributed by atoms with E-state index in [2.05, 4.69) is 178 Å². The van der Waals surface area contributed by atoms with E-state index >= 15 is 0 Å². The second-order valence-corrected chi connectivity index (χ2v) is 19.0. The molecule has 0 bridgehead atoms. The summed E-state index contributed by atoms with van der Waals surface area (Å²) in [4.78, 5) is 10.6. The average molecular weight is 871 g/mol. The molecular weight excluding hydrogens is 815 g/mol. The van der Waals surface area contributed by atoms with Crippen LogP contribution in [0.2, 0.25) is 0 Å². The Kier molecular flexibility index (Phi) is 10.9. The van der Waals surface area contributed by atoms with E-state index in [4.69, 9.17) is 9.97 Å². The Bertz CT molecular complexity index is 3470. The molecule has 0 spiro atoms. The lowest BCUT2D eigenvalue weighted by Crippen LogP contribution is -2.11. The van der Waals surface area contributed by atoms with Crippen LogP contribution in [0.1, 0.15) is 64.1 Å². The molecule has 4 nitrogen and oxygen atoms in total. The summed E-state index contributed by atoms with van der Waals surface area (Å²) in [5.41, 5.74) is 19.5. The molecule has 10 aromatic rings. The molecule has 8 aromatic carbocycles. The van der Waals surface area contributed by atoms with Gasteiger partial charge >= 0.3 is 0 Å². The third kappa shape index (κ3) is 8.36. The van der Waals surface area contributed by atoms with Gasteiger partial charge in [0.25, 0.3) is 0 Å². The summed E-state index contributed by atoms with van der Waals surface area (Å²) < 4.78 is 11.7. The van der Waals surface area contributed by atoms with Crippen LogP contribution in [-0.2, 0) is 5.41 Å². The van der Waals surface area contributed by atoms with Gasteiger partial charge in [-0.3, -0.25) is 9.55 Å². The van der Waals surface area contributed by atoms with Gasteiger partial charge in [0.05, 0.1) is 28.0 Å². The topological polar surface area (TPSA) is 50.9 Å². The van der Waals surface area contributed by atoms with Crippen LogP contribution in [0, 0.1) is 13.8 Å². The van der Waals surface area contributed by atoms with E-state index in [1.807, 2.05) is 69.4 Å². The molecule has 328 valence electrons. The SMILES string of the molecule is [2H]C(C)(C)c1cc(-c2ccccc2)c(-n2c(-c3cc(C)cc(C)c3O)nc3c(-c4cc(-c5cc(-c6ccc(-c7ccccc7)cc6)ccn5)cc(C(C)(C)C)c4)cccc32)cc1-c1ccccc1. The number of benzene rings is 8. The molecule has 4 heteroatoms. The van der Waals surface area contributed by atoms with Gasteiger partial charge in [-0.25, -0.2) is 4.98 Å². The van der Waals surface area contributed by atoms with Crippen molar-refractivity contribution in [3.63, 3.8) is 0 Å². The van der Waals surface area contributed by atoms with Gasteiger partial charge in [0.2, 0.25) is 0 Å². The quantitative estimate of drug-likeness (QED) is 0.157. The largest absolute Gasteiger partial charge is 0.507 e. The van der Waals surface area contributed by atoms with Crippen molar-refractivity contribution >= 4 is 11.0 Å². The van der Waals surface area contributed by atoms with Crippen LogP contribution < -0.4 is 0 Å². The number of para-hydroxylation sites is 1. The molecule has 0 fully saturated rings. The van der Waals surface area contributed by atoms with Crippen molar-refractivity contribution in [2.45, 2.75) is 59.8 Å². The summed E-state index contributed by atoms with van der Waals surface area (Å²) in [5, 5.41) is 12.0. The maximum Gasteiger partial charge on any atom is 0.149 e. The second-order valence-electron chi connectivity index (χ2n) is 19.0. The summed E-state index contributed by atoms with van der Waals surface area (Å²) >= 11 is 0. The highest BCUT2D eigenvalue weighted by Crippen LogP contribution is 2.45. The van der Waals surface area contributed by atoms with E-state index in [9.17, 15) is 6.48 Å². The summed E-state index contributed by atoms with van der Waals surface area (Å²) in [6.07, 6.45) is 1.91. The molecule has 0 aliphatic heterocycles. The highest BCUT2D eigenvalue weighted by atomic mass is 16.3. The maximum absolute atomic E-state index is 12.0. The molecule has 1 N–H and O–H groups in total. The van der Waals surface area contributed by atoms with E-state index in [0.717, 1.165) is 89.2 Å². The highest BCUT2D eigenvalue weighted by molar-refractivity contribution is 5.98. The monoisotopic (exact) mass is 870 g/mol. The molecule has 0 radical (unpaired) electrons. The Morgan fingerprint density at radius 3 is 1.76 bits per heavy atom. The molecule has 2 heterocycles. The number of fused-ring (bicyclic) bond motifs is 1. The fourth-order valence-corrected chi connectivity index (χ4v) is 9.40. The number of aromatic nitrogens is 3. The minimum absolute atomic E-state index is 0.176. The maximum atomic E-state index is 12.0. The van der Waals surface area contributed by atoms with Crippen LogP contribution in [0.15, 0.2) is 194 Å². The lowest BCUT2D eigenvalue weighted by molar-refractivity contribution is 0.472. The van der Waals surface area contributed by atoms with E-state index in [1.54, 1.807) is 0 Å². The third-order valence-corrected chi connectivity index (χ3v) is 12.9. The number of phenols is 1. The highest BCUT2D eigenvalue weighted by Gasteiger charge is 2.26. The van der Waals surface area contributed by atoms with E-state index in [-0.39, 0.29) is 11.2 Å². The molecule has 0 aliphatic carbocycles. The lowest BCUT2D eigenvalue weighted by Gasteiger charge is -2.22. The zero-order valence-electron chi connectivity index (χ0n) is 40.3. The summed E-state index contributed by atoms with van der Waals surface area (Å²) in [5.74, 6) is -0.0888. The number of pyridine rings is 1. The first-order chi connectivity index (χ1) is 32.7. The summed E-state index contributed by atoms with van der Waals surface area (Å²) in [7, 11) is 0. The van der Waals surface area contributed by atoms with Gasteiger partial charge in [-0.2, -0.15) is 0 Å². The molecular formula is C63H55N3O. The summed E-state index contributed by atoms with van der Waals surface area (Å²) in [6, 6.07) is 65.9. The molecule has 0 unspecified atom stereocenters. The number of hydrogen-bond donors (Lipinski definition) is 1. The molecule has 0 atom stereocenters. The van der Waals surface area contributed by atoms with Crippen molar-refractivity contribution in [1.29, 1.82) is 0 Å². The van der Waals surface area contributed by atoms with E-state index in [1.165, 1.54) is 16.7 Å². The zero-order chi connectivity index (χ0) is 47.3. The Hall–Kier alpha value is -7.82. The second kappa shape index (κ2) is 17.5. The van der Waals surface area contributed by atoms with Gasteiger partial charge in [0, 0.05) is 24.3 Å². The Labute approximate surface area is 396 Å². The molecule has 67 heavy (non-hydrogen) atoms. The van der Waals surface area contributed by atoms with Gasteiger partial charge in [-0.05, 0) is 140 Å². The van der Waals surface area contributed by atoms with E-state index < -0.39 is 5.89 Å². The van der Waals surface area contributed by atoms with Crippen LogP contribution in [-0.4, -0.2) is 19.6 Å². The van der Waals surface area contributed by atoms with Crippen molar-refractivity contribution in [2.75, 3.05) is 0 Å². The van der Waals surface area contributed by atoms with Crippen LogP contribution in [0.3, 0.4) is 0 Å². The van der Waals surface area contributed by atoms with Gasteiger partial charge in [-0.15, -0.1) is 0 Å². The average Bonchev–Trinajstić information content (AvgIpc) is 3.74. The number of rotatable bonds is 9. The minimum Gasteiger partial charge on any atom is -0.507 e. The molecule has 0 saturated heterocycles. The predicted octanol–water partition coefficient (Wildman–Crippen LogP) is 16.8. The minimum atomic E-state index is -0.913. The number of hydrogen-bond acceptors (Lipinski definition) is 3. The Morgan fingerprint density at radius 2 is 1.12 bits per heavy atom. The molecule has 0 saturated carbocycles. The van der Waals surface area contributed by atoms with Crippen LogP contribution >= 0.6 is 0 Å². The first kappa shape index (κ1) is 41.9. The van der Waals surface area contributed by atoms with Crippen molar-refractivity contribution < 1.29 is 6.48 Å². The number of imidazole rings is 1. The number of phenolic OH excluding ortho intramolecular Hbond substituents is 1. The number of nitrogens with zero attached hydrogens (tertiary/aromatic N) is 3. The number of aryl methyl sites for hydroxylation is 2. The number of aromatic hydroxyl groups is 1. The zero-order valence-corrected chi connectivity index (χ0v) is 39.3. The van der Waals surface area contributed by atoms with Crippen molar-refractivity contribution in [2.24, 2.45) is 0 Å². The normalized spacial score (nSPS) is 12.1. The first-order valence-electron chi connectivity index (χ1n) is 23.6. The van der Waals surface area contributed by atoms with Crippen molar-refractivity contribution in [3.05, 3.63) is 217 Å². The predicted molar refractivity (Wildman–Crippen MR) is 281 cm³/mol. The first-order valence-corrected chi connectivity index (χ1v) is 23.1. The fourth-order valence-electron chi connectivity index (χ4n) is 9.40. The molecule has 2 aromatic heterocycles. The Balaban J connectivity index is 1.22. The van der Waals surface area contributed by atoms with Crippen LogP contribution in [0.25, 0.3) is 95.0 Å². The lowest BCUT2D eigenvalue weighted by atomic mass is 9.83. The van der Waals surface area contributed by atoms with Crippen molar-refractivity contribution in [1.82, 2.24) is 14.5 Å². The summed E-state index contributed by atoms with van der Waals surface area (Å²) in [6.45, 7) is 14.7. The van der Waals surface area contributed by atoms with Crippen LogP contribution in [0.5, 0.6) is 5.75 Å². The standard InChI is InChI=1S/C63H55N3O/c1-40(2)53-38-55(47-22-15-10-16-23-47)59(39-54(53)46-20-13-9-14-21-46)66-58-25-17-24-52(60(58)65-62(66)56-33-41(3)32-42(4)61(56)67)49-34-50(36-51(35-49)63(5,6)7)57-37-48(30-31-64-57)45-28-26-44(27-29-45)43-18-11-8-12-19-43/h8-40,67H,1-7H3/i40D. The Morgan fingerprint density at radius 1 is 0.522 bits per heavy atom. The van der Waals surface area contributed by atoms with Gasteiger partial charge in [-0.1, -0.05) is 174 Å². The van der Waals surface area contributed by atoms with E-state index in [0.29, 0.717) is 11.4 Å². The molecule has 0 aliphatic rings. The smallest absolute Gasteiger partial charge is 0.149 e. The molecule has 10 rings (SSSR count). The fraction of sp³-hybridized carbons (Fsp3) is 0.143. The van der Waals surface area contributed by atoms with Crippen LogP contribution in [0.4, 0.5) is 0 Å². The van der Waals surface area contributed by atoms with Crippen molar-refractivity contribution in [3.8, 4) is 89.7 Å². The van der Waals surface area contributed by atoms with Gasteiger partial charge in [0.1, 0.15) is 11.6 Å².